The maximum atomic E-state index is 13.1. The monoisotopic (exact) mass is 408 g/mol. The van der Waals surface area contributed by atoms with Crippen molar-refractivity contribution in [1.29, 1.82) is 0 Å². The molecule has 0 saturated carbocycles. The summed E-state index contributed by atoms with van der Waals surface area (Å²) in [5.41, 5.74) is 3.18. The first-order chi connectivity index (χ1) is 14.5. The Labute approximate surface area is 177 Å². The molecular weight excluding hydrogens is 380 g/mol. The van der Waals surface area contributed by atoms with Crippen LogP contribution in [-0.4, -0.2) is 36.0 Å². The molecule has 2 aliphatic heterocycles. The largest absolute Gasteiger partial charge is 0.486 e. The zero-order chi connectivity index (χ0) is 21.1. The van der Waals surface area contributed by atoms with E-state index in [1.165, 1.54) is 0 Å². The third-order valence-corrected chi connectivity index (χ3v) is 5.53. The number of carbonyl (C=O) groups excluding carboxylic acids is 2. The van der Waals surface area contributed by atoms with Crippen LogP contribution in [0.3, 0.4) is 0 Å². The summed E-state index contributed by atoms with van der Waals surface area (Å²) < 4.78 is 11.2. The summed E-state index contributed by atoms with van der Waals surface area (Å²) in [6, 6.07) is 13.2. The van der Waals surface area contributed by atoms with Crippen LogP contribution in [0.4, 0.5) is 0 Å². The number of fused-ring (bicyclic) bond motifs is 2. The van der Waals surface area contributed by atoms with Crippen molar-refractivity contribution in [2.24, 2.45) is 5.92 Å². The zero-order valence-electron chi connectivity index (χ0n) is 17.5. The van der Waals surface area contributed by atoms with Crippen LogP contribution >= 0.6 is 0 Å². The van der Waals surface area contributed by atoms with E-state index in [1.54, 1.807) is 4.90 Å². The van der Waals surface area contributed by atoms with Crippen molar-refractivity contribution in [3.8, 4) is 11.5 Å². The molecule has 0 fully saturated rings. The van der Waals surface area contributed by atoms with Crippen molar-refractivity contribution in [2.75, 3.05) is 13.2 Å². The molecule has 0 saturated heterocycles. The first-order valence-electron chi connectivity index (χ1n) is 10.5. The van der Waals surface area contributed by atoms with Crippen molar-refractivity contribution < 1.29 is 19.1 Å². The first kappa shape index (κ1) is 20.3. The average molecular weight is 408 g/mol. The van der Waals surface area contributed by atoms with E-state index >= 15 is 0 Å². The predicted molar refractivity (Wildman–Crippen MR) is 113 cm³/mol. The van der Waals surface area contributed by atoms with Crippen LogP contribution in [0, 0.1) is 5.92 Å². The second kappa shape index (κ2) is 8.78. The molecule has 6 heteroatoms. The summed E-state index contributed by atoms with van der Waals surface area (Å²) in [7, 11) is 0. The normalized spacial score (nSPS) is 17.4. The molecule has 4 rings (SSSR count). The first-order valence-corrected chi connectivity index (χ1v) is 10.5. The quantitative estimate of drug-likeness (QED) is 0.826. The molecule has 30 heavy (non-hydrogen) atoms. The summed E-state index contributed by atoms with van der Waals surface area (Å²) in [6.45, 7) is 5.97. The summed E-state index contributed by atoms with van der Waals surface area (Å²) in [5.74, 6) is 1.57. The van der Waals surface area contributed by atoms with Crippen LogP contribution in [0.2, 0.25) is 0 Å². The van der Waals surface area contributed by atoms with Gasteiger partial charge in [-0.2, -0.15) is 0 Å². The fraction of sp³-hybridized carbons (Fsp3) is 0.417. The molecular formula is C24H28N2O4. The van der Waals surface area contributed by atoms with E-state index in [1.807, 2.05) is 56.3 Å². The number of hydrogen-bond acceptors (Lipinski definition) is 4. The van der Waals surface area contributed by atoms with Gasteiger partial charge in [-0.05, 0) is 34.7 Å². The van der Waals surface area contributed by atoms with Gasteiger partial charge in [0.2, 0.25) is 11.8 Å². The molecule has 2 amide bonds. The highest BCUT2D eigenvalue weighted by Gasteiger charge is 2.34. The van der Waals surface area contributed by atoms with Crippen LogP contribution in [0.25, 0.3) is 0 Å². The van der Waals surface area contributed by atoms with Gasteiger partial charge in [-0.15, -0.1) is 0 Å². The molecule has 1 unspecified atom stereocenters. The molecule has 158 valence electrons. The number of benzene rings is 2. The van der Waals surface area contributed by atoms with Gasteiger partial charge >= 0.3 is 0 Å². The van der Waals surface area contributed by atoms with Gasteiger partial charge in [0.1, 0.15) is 19.3 Å². The minimum Gasteiger partial charge on any atom is -0.486 e. The van der Waals surface area contributed by atoms with Crippen LogP contribution in [0.1, 0.15) is 37.0 Å². The molecule has 0 bridgehead atoms. The Morgan fingerprint density at radius 3 is 2.57 bits per heavy atom. The Kier molecular flexibility index (Phi) is 5.93. The Bertz CT molecular complexity index is 941. The highest BCUT2D eigenvalue weighted by atomic mass is 16.6. The van der Waals surface area contributed by atoms with Gasteiger partial charge in [0.25, 0.3) is 0 Å². The lowest BCUT2D eigenvalue weighted by Gasteiger charge is -2.36. The van der Waals surface area contributed by atoms with E-state index in [9.17, 15) is 9.59 Å². The topological polar surface area (TPSA) is 67.9 Å². The lowest BCUT2D eigenvalue weighted by Crippen LogP contribution is -2.52. The molecule has 0 spiro atoms. The number of carbonyl (C=O) groups is 2. The average Bonchev–Trinajstić information content (AvgIpc) is 2.76. The number of rotatable bonds is 5. The Balaban J connectivity index is 1.48. The smallest absolute Gasteiger partial charge is 0.243 e. The summed E-state index contributed by atoms with van der Waals surface area (Å²) in [4.78, 5) is 27.7. The summed E-state index contributed by atoms with van der Waals surface area (Å²) in [6.07, 6.45) is 0.973. The molecule has 1 atom stereocenters. The van der Waals surface area contributed by atoms with E-state index in [-0.39, 0.29) is 17.7 Å². The number of amides is 2. The third-order valence-electron chi connectivity index (χ3n) is 5.53. The predicted octanol–water partition coefficient (Wildman–Crippen LogP) is 3.07. The lowest BCUT2D eigenvalue weighted by atomic mass is 9.92. The highest BCUT2D eigenvalue weighted by Crippen LogP contribution is 2.31. The maximum Gasteiger partial charge on any atom is 0.243 e. The minimum absolute atomic E-state index is 0.0268. The Morgan fingerprint density at radius 1 is 1.07 bits per heavy atom. The van der Waals surface area contributed by atoms with E-state index in [4.69, 9.17) is 9.47 Å². The van der Waals surface area contributed by atoms with Gasteiger partial charge in [0.05, 0.1) is 0 Å². The van der Waals surface area contributed by atoms with Gasteiger partial charge in [-0.3, -0.25) is 9.59 Å². The minimum atomic E-state index is -0.497. The fourth-order valence-electron chi connectivity index (χ4n) is 3.99. The van der Waals surface area contributed by atoms with Gasteiger partial charge in [0.15, 0.2) is 11.5 Å². The lowest BCUT2D eigenvalue weighted by molar-refractivity contribution is -0.142. The van der Waals surface area contributed by atoms with Crippen LogP contribution in [0.15, 0.2) is 42.5 Å². The van der Waals surface area contributed by atoms with Crippen molar-refractivity contribution in [2.45, 2.75) is 45.8 Å². The molecule has 0 radical (unpaired) electrons. The standard InChI is InChI=1S/C24H28N2O4/c1-16(2)11-23(27)26-15-19-6-4-3-5-18(19)13-20(26)24(28)25-14-17-7-8-21-22(12-17)30-10-9-29-21/h3-8,12,16,20H,9-11,13-15H2,1-2H3,(H,25,28). The molecule has 2 aliphatic rings. The van der Waals surface area contributed by atoms with E-state index in [2.05, 4.69) is 5.32 Å². The second-order valence-electron chi connectivity index (χ2n) is 8.30. The van der Waals surface area contributed by atoms with E-state index < -0.39 is 6.04 Å². The summed E-state index contributed by atoms with van der Waals surface area (Å²) in [5, 5.41) is 3.02. The fourth-order valence-corrected chi connectivity index (χ4v) is 3.99. The van der Waals surface area contributed by atoms with Gasteiger partial charge in [-0.1, -0.05) is 44.2 Å². The summed E-state index contributed by atoms with van der Waals surface area (Å²) >= 11 is 0. The molecule has 0 aliphatic carbocycles. The molecule has 2 heterocycles. The Morgan fingerprint density at radius 2 is 1.80 bits per heavy atom. The number of hydrogen-bond donors (Lipinski definition) is 1. The SMILES string of the molecule is CC(C)CC(=O)N1Cc2ccccc2CC1C(=O)NCc1ccc2c(c1)OCCO2. The van der Waals surface area contributed by atoms with Crippen LogP contribution in [0.5, 0.6) is 11.5 Å². The van der Waals surface area contributed by atoms with Crippen molar-refractivity contribution in [3.05, 3.63) is 59.2 Å². The van der Waals surface area contributed by atoms with Crippen LogP contribution in [-0.2, 0) is 29.1 Å². The van der Waals surface area contributed by atoms with Crippen molar-refractivity contribution in [3.63, 3.8) is 0 Å². The molecule has 6 nitrogen and oxygen atoms in total. The highest BCUT2D eigenvalue weighted by molar-refractivity contribution is 5.88. The molecule has 0 aromatic heterocycles. The maximum absolute atomic E-state index is 13.1. The van der Waals surface area contributed by atoms with Crippen molar-refractivity contribution in [1.82, 2.24) is 10.2 Å². The zero-order valence-corrected chi connectivity index (χ0v) is 17.5. The number of nitrogens with one attached hydrogen (secondary N) is 1. The van der Waals surface area contributed by atoms with E-state index in [0.29, 0.717) is 44.9 Å². The van der Waals surface area contributed by atoms with Crippen LogP contribution < -0.4 is 14.8 Å². The second-order valence-corrected chi connectivity index (χ2v) is 8.30. The molecule has 2 aromatic rings. The number of ether oxygens (including phenoxy) is 2. The molecule has 2 aromatic carbocycles. The number of nitrogens with zero attached hydrogens (tertiary/aromatic N) is 1. The molecule has 1 N–H and O–H groups in total. The van der Waals surface area contributed by atoms with Gasteiger partial charge in [-0.25, -0.2) is 0 Å². The van der Waals surface area contributed by atoms with Gasteiger partial charge in [0, 0.05) is 25.9 Å². The van der Waals surface area contributed by atoms with Crippen molar-refractivity contribution >= 4 is 11.8 Å². The van der Waals surface area contributed by atoms with Gasteiger partial charge < -0.3 is 19.7 Å². The Hall–Kier alpha value is -3.02. The third kappa shape index (κ3) is 4.42. The van der Waals surface area contributed by atoms with E-state index in [0.717, 1.165) is 22.4 Å².